The fourth-order valence-corrected chi connectivity index (χ4v) is 6.66. The standard InChI is InChI=1S/C32H40F4N4O4S/c1-18(2)40(29(41)21-10-7-19(3)8-11-21)26-15-25(33)27(14-23(26)30(42)43-6)44-28-24(32(34,35)36)13-20(16-37-28)9-12-22-17-45-31(38-22)39(4)5/h13-16,18-19,21-22H,7-12,17H2,1-6H3/t19-,21-,22?. The van der Waals surface area contributed by atoms with Crippen LogP contribution >= 0.6 is 11.8 Å². The molecule has 0 radical (unpaired) electrons. The van der Waals surface area contributed by atoms with Gasteiger partial charge in [-0.25, -0.2) is 14.2 Å². The lowest BCUT2D eigenvalue weighted by Gasteiger charge is -2.34. The minimum absolute atomic E-state index is 0.0269. The first-order valence-electron chi connectivity index (χ1n) is 15.1. The molecule has 2 aliphatic rings. The number of halogens is 4. The molecule has 1 aromatic carbocycles. The summed E-state index contributed by atoms with van der Waals surface area (Å²) >= 11 is 1.59. The Hall–Kier alpha value is -3.35. The van der Waals surface area contributed by atoms with E-state index in [1.54, 1.807) is 25.6 Å². The molecule has 0 saturated heterocycles. The largest absolute Gasteiger partial charge is 0.465 e. The van der Waals surface area contributed by atoms with Crippen molar-refractivity contribution in [3.8, 4) is 11.6 Å². The predicted octanol–water partition coefficient (Wildman–Crippen LogP) is 7.35. The molecule has 1 amide bonds. The first-order chi connectivity index (χ1) is 21.2. The third kappa shape index (κ3) is 8.28. The average Bonchev–Trinajstić information content (AvgIpc) is 3.47. The lowest BCUT2D eigenvalue weighted by Crippen LogP contribution is -2.43. The number of carbonyl (C=O) groups excluding carboxylic acids is 2. The number of methoxy groups -OCH3 is 1. The van der Waals surface area contributed by atoms with Crippen LogP contribution in [0.4, 0.5) is 23.2 Å². The Morgan fingerprint density at radius 2 is 1.80 bits per heavy atom. The van der Waals surface area contributed by atoms with Crippen LogP contribution < -0.4 is 9.64 Å². The summed E-state index contributed by atoms with van der Waals surface area (Å²) in [5.74, 6) is -2.75. The van der Waals surface area contributed by atoms with Crippen LogP contribution in [0.2, 0.25) is 0 Å². The number of amides is 1. The summed E-state index contributed by atoms with van der Waals surface area (Å²) in [4.78, 5) is 38.3. The number of rotatable bonds is 9. The highest BCUT2D eigenvalue weighted by Crippen LogP contribution is 2.40. The van der Waals surface area contributed by atoms with E-state index in [1.165, 1.54) is 11.1 Å². The number of aryl methyl sites for hydroxylation is 1. The number of anilines is 1. The number of thioether (sulfide) groups is 1. The van der Waals surface area contributed by atoms with Crippen molar-refractivity contribution in [1.29, 1.82) is 0 Å². The quantitative estimate of drug-likeness (QED) is 0.207. The summed E-state index contributed by atoms with van der Waals surface area (Å²) in [6, 6.07) is 2.38. The number of alkyl halides is 3. The Kier molecular flexibility index (Phi) is 11.0. The summed E-state index contributed by atoms with van der Waals surface area (Å²) in [5, 5.41) is 0.877. The first-order valence-corrected chi connectivity index (χ1v) is 16.0. The molecule has 0 N–H and O–H groups in total. The monoisotopic (exact) mass is 652 g/mol. The van der Waals surface area contributed by atoms with Gasteiger partial charge in [0, 0.05) is 50.1 Å². The lowest BCUT2D eigenvalue weighted by molar-refractivity contribution is -0.139. The maximum Gasteiger partial charge on any atom is 0.421 e. The van der Waals surface area contributed by atoms with Crippen molar-refractivity contribution in [3.63, 3.8) is 0 Å². The van der Waals surface area contributed by atoms with Gasteiger partial charge in [-0.05, 0) is 69.9 Å². The van der Waals surface area contributed by atoms with E-state index in [9.17, 15) is 22.8 Å². The molecule has 2 heterocycles. The van der Waals surface area contributed by atoms with Gasteiger partial charge in [0.25, 0.3) is 0 Å². The fraction of sp³-hybridized carbons (Fsp3) is 0.562. The van der Waals surface area contributed by atoms with E-state index in [2.05, 4.69) is 16.9 Å². The molecule has 13 heteroatoms. The van der Waals surface area contributed by atoms with Crippen LogP contribution in [0, 0.1) is 17.7 Å². The van der Waals surface area contributed by atoms with Crippen molar-refractivity contribution in [2.75, 3.05) is 31.9 Å². The van der Waals surface area contributed by atoms with Gasteiger partial charge in [0.1, 0.15) is 5.56 Å². The highest BCUT2D eigenvalue weighted by Gasteiger charge is 2.37. The molecule has 45 heavy (non-hydrogen) atoms. The molecule has 1 aliphatic heterocycles. The van der Waals surface area contributed by atoms with Crippen LogP contribution in [-0.4, -0.2) is 66.0 Å². The highest BCUT2D eigenvalue weighted by atomic mass is 32.2. The second kappa shape index (κ2) is 14.4. The van der Waals surface area contributed by atoms with E-state index >= 15 is 4.39 Å². The molecular weight excluding hydrogens is 612 g/mol. The molecule has 1 saturated carbocycles. The molecule has 2 aromatic rings. The average molecular weight is 653 g/mol. The second-order valence-corrected chi connectivity index (χ2v) is 13.1. The molecule has 0 spiro atoms. The maximum absolute atomic E-state index is 15.6. The highest BCUT2D eigenvalue weighted by molar-refractivity contribution is 8.14. The predicted molar refractivity (Wildman–Crippen MR) is 166 cm³/mol. The Labute approximate surface area is 265 Å². The number of esters is 1. The van der Waals surface area contributed by atoms with Gasteiger partial charge in [-0.3, -0.25) is 9.79 Å². The van der Waals surface area contributed by atoms with Crippen molar-refractivity contribution in [2.24, 2.45) is 16.8 Å². The van der Waals surface area contributed by atoms with E-state index < -0.39 is 41.2 Å². The summed E-state index contributed by atoms with van der Waals surface area (Å²) in [7, 11) is 4.89. The number of benzene rings is 1. The van der Waals surface area contributed by atoms with Gasteiger partial charge in [0.05, 0.1) is 24.4 Å². The van der Waals surface area contributed by atoms with Gasteiger partial charge in [-0.15, -0.1) is 0 Å². The summed E-state index contributed by atoms with van der Waals surface area (Å²) in [6.45, 7) is 5.61. The number of aromatic nitrogens is 1. The van der Waals surface area contributed by atoms with Crippen molar-refractivity contribution < 1.29 is 36.6 Å². The molecule has 1 aromatic heterocycles. The SMILES string of the molecule is COC(=O)c1cc(Oc2ncc(CCC3CSC(N(C)C)=N3)cc2C(F)(F)F)c(F)cc1N(C(=O)[C@H]1CC[C@H](C)CC1)C(C)C. The fourth-order valence-electron chi connectivity index (χ4n) is 5.60. The van der Waals surface area contributed by atoms with Gasteiger partial charge in [0.15, 0.2) is 16.7 Å². The first kappa shape index (κ1) is 34.5. The van der Waals surface area contributed by atoms with E-state index in [0.717, 1.165) is 49.1 Å². The second-order valence-electron chi connectivity index (χ2n) is 12.2. The molecule has 1 fully saturated rings. The van der Waals surface area contributed by atoms with Crippen LogP contribution in [-0.2, 0) is 22.1 Å². The number of pyridine rings is 1. The third-order valence-electron chi connectivity index (χ3n) is 8.10. The van der Waals surface area contributed by atoms with E-state index in [4.69, 9.17) is 9.47 Å². The zero-order chi connectivity index (χ0) is 33.1. The van der Waals surface area contributed by atoms with E-state index in [-0.39, 0.29) is 29.1 Å². The Bertz CT molecular complexity index is 1420. The van der Waals surface area contributed by atoms with Crippen molar-refractivity contribution in [3.05, 3.63) is 46.9 Å². The summed E-state index contributed by atoms with van der Waals surface area (Å²) in [5.41, 5.74) is -1.08. The number of ether oxygens (including phenoxy) is 2. The van der Waals surface area contributed by atoms with Crippen LogP contribution in [0.5, 0.6) is 11.6 Å². The molecule has 1 aliphatic carbocycles. The van der Waals surface area contributed by atoms with Gasteiger partial charge in [-0.1, -0.05) is 18.7 Å². The molecular formula is C32H40F4N4O4S. The van der Waals surface area contributed by atoms with Crippen LogP contribution in [0.3, 0.4) is 0 Å². The molecule has 1 atom stereocenters. The van der Waals surface area contributed by atoms with Crippen molar-refractivity contribution in [2.45, 2.75) is 77.6 Å². The molecule has 246 valence electrons. The molecule has 1 unspecified atom stereocenters. The lowest BCUT2D eigenvalue weighted by atomic mass is 9.82. The minimum Gasteiger partial charge on any atom is -0.465 e. The van der Waals surface area contributed by atoms with Gasteiger partial charge >= 0.3 is 12.1 Å². The maximum atomic E-state index is 15.6. The van der Waals surface area contributed by atoms with Gasteiger partial charge < -0.3 is 19.3 Å². The number of nitrogens with zero attached hydrogens (tertiary/aromatic N) is 4. The van der Waals surface area contributed by atoms with E-state index in [0.29, 0.717) is 37.2 Å². The Morgan fingerprint density at radius 3 is 2.38 bits per heavy atom. The zero-order valence-corrected chi connectivity index (χ0v) is 27.2. The smallest absolute Gasteiger partial charge is 0.421 e. The zero-order valence-electron chi connectivity index (χ0n) is 26.4. The number of hydrogen-bond acceptors (Lipinski definition) is 8. The van der Waals surface area contributed by atoms with Gasteiger partial charge in [0.2, 0.25) is 11.8 Å². The van der Waals surface area contributed by atoms with Crippen molar-refractivity contribution >= 4 is 34.5 Å². The normalized spacial score (nSPS) is 20.2. The van der Waals surface area contributed by atoms with Crippen LogP contribution in [0.25, 0.3) is 0 Å². The number of aliphatic imine (C=N–C) groups is 1. The van der Waals surface area contributed by atoms with Crippen LogP contribution in [0.1, 0.15) is 74.4 Å². The number of amidine groups is 1. The Morgan fingerprint density at radius 1 is 1.11 bits per heavy atom. The number of carbonyl (C=O) groups is 2. The summed E-state index contributed by atoms with van der Waals surface area (Å²) in [6.07, 6.45) is 0.363. The minimum atomic E-state index is -4.85. The van der Waals surface area contributed by atoms with Crippen molar-refractivity contribution in [1.82, 2.24) is 9.88 Å². The topological polar surface area (TPSA) is 84.3 Å². The number of hydrogen-bond donors (Lipinski definition) is 0. The molecule has 0 bridgehead atoms. The van der Waals surface area contributed by atoms with Crippen LogP contribution in [0.15, 0.2) is 29.4 Å². The molecule has 4 rings (SSSR count). The summed E-state index contributed by atoms with van der Waals surface area (Å²) < 4.78 is 68.4. The van der Waals surface area contributed by atoms with Gasteiger partial charge in [-0.2, -0.15) is 13.2 Å². The third-order valence-corrected chi connectivity index (χ3v) is 9.38. The van der Waals surface area contributed by atoms with E-state index in [1.807, 2.05) is 19.0 Å². The molecule has 8 nitrogen and oxygen atoms in total. The Balaban J connectivity index is 1.64.